The Hall–Kier alpha value is -3.02. The number of aromatic nitrogens is 1. The normalized spacial score (nSPS) is 13.4. The summed E-state index contributed by atoms with van der Waals surface area (Å²) in [5, 5.41) is 0. The average molecular weight is 296 g/mol. The molecular formula is C16H14N3O3+. The molecule has 3 amide bonds. The molecule has 2 N–H and O–H groups in total. The fourth-order valence-electron chi connectivity index (χ4n) is 2.46. The maximum atomic E-state index is 12.2. The second-order valence-corrected chi connectivity index (χ2v) is 5.00. The van der Waals surface area contributed by atoms with Crippen molar-refractivity contribution in [2.24, 2.45) is 5.73 Å². The second-order valence-electron chi connectivity index (χ2n) is 5.00. The van der Waals surface area contributed by atoms with Gasteiger partial charge in [-0.15, -0.1) is 0 Å². The summed E-state index contributed by atoms with van der Waals surface area (Å²) >= 11 is 0. The monoisotopic (exact) mass is 296 g/mol. The fraction of sp³-hybridized carbons (Fsp3) is 0.125. The average Bonchev–Trinajstić information content (AvgIpc) is 2.78. The molecule has 22 heavy (non-hydrogen) atoms. The van der Waals surface area contributed by atoms with Gasteiger partial charge in [0.1, 0.15) is 5.56 Å². The number of nitrogens with zero attached hydrogens (tertiary/aromatic N) is 2. The molecule has 0 atom stereocenters. The topological polar surface area (TPSA) is 84.3 Å². The van der Waals surface area contributed by atoms with E-state index in [1.807, 2.05) is 0 Å². The Morgan fingerprint density at radius 3 is 2.27 bits per heavy atom. The maximum Gasteiger partial charge on any atom is 0.261 e. The number of fused-ring (bicyclic) bond motifs is 1. The van der Waals surface area contributed by atoms with Crippen LogP contribution in [-0.2, 0) is 6.54 Å². The van der Waals surface area contributed by atoms with Gasteiger partial charge in [0.05, 0.1) is 17.7 Å². The molecule has 0 saturated carbocycles. The first-order valence-corrected chi connectivity index (χ1v) is 6.82. The first-order chi connectivity index (χ1) is 10.6. The van der Waals surface area contributed by atoms with E-state index in [4.69, 9.17) is 5.73 Å². The van der Waals surface area contributed by atoms with Gasteiger partial charge in [0.2, 0.25) is 0 Å². The van der Waals surface area contributed by atoms with Crippen molar-refractivity contribution in [2.45, 2.75) is 6.54 Å². The number of amides is 3. The van der Waals surface area contributed by atoms with E-state index in [1.165, 1.54) is 4.90 Å². The number of benzene rings is 1. The molecule has 1 aromatic carbocycles. The fourth-order valence-corrected chi connectivity index (χ4v) is 2.46. The molecule has 6 heteroatoms. The summed E-state index contributed by atoms with van der Waals surface area (Å²) in [6.45, 7) is 0.631. The highest BCUT2D eigenvalue weighted by atomic mass is 16.2. The SMILES string of the molecule is NC(=O)c1ccc[n+](CCN2C(=O)c3ccccc3C2=O)c1. The van der Waals surface area contributed by atoms with Gasteiger partial charge in [0.15, 0.2) is 18.9 Å². The van der Waals surface area contributed by atoms with E-state index in [0.717, 1.165) is 0 Å². The number of carbonyl (C=O) groups excluding carboxylic acids is 3. The first-order valence-electron chi connectivity index (χ1n) is 6.82. The summed E-state index contributed by atoms with van der Waals surface area (Å²) in [5.41, 5.74) is 6.48. The highest BCUT2D eigenvalue weighted by Crippen LogP contribution is 2.21. The summed E-state index contributed by atoms with van der Waals surface area (Å²) < 4.78 is 1.73. The number of hydrogen-bond donors (Lipinski definition) is 1. The molecule has 0 bridgehead atoms. The molecule has 0 radical (unpaired) electrons. The predicted octanol–water partition coefficient (Wildman–Crippen LogP) is 0.369. The highest BCUT2D eigenvalue weighted by Gasteiger charge is 2.35. The van der Waals surface area contributed by atoms with Crippen LogP contribution in [0.5, 0.6) is 0 Å². The molecule has 0 saturated heterocycles. The van der Waals surface area contributed by atoms with E-state index in [9.17, 15) is 14.4 Å². The number of primary amides is 1. The van der Waals surface area contributed by atoms with Crippen LogP contribution in [0.3, 0.4) is 0 Å². The van der Waals surface area contributed by atoms with Crippen molar-refractivity contribution in [2.75, 3.05) is 6.54 Å². The van der Waals surface area contributed by atoms with Crippen molar-refractivity contribution in [1.82, 2.24) is 4.90 Å². The first kappa shape index (κ1) is 13.9. The van der Waals surface area contributed by atoms with Crippen LogP contribution in [0.4, 0.5) is 0 Å². The Morgan fingerprint density at radius 1 is 1.05 bits per heavy atom. The van der Waals surface area contributed by atoms with Crippen LogP contribution in [0.2, 0.25) is 0 Å². The standard InChI is InChI=1S/C16H13N3O3/c17-14(20)11-4-3-7-18(10-11)8-9-19-15(21)12-5-1-2-6-13(12)16(19)22/h1-7,10H,8-9H2,(H-,17,20)/p+1. The van der Waals surface area contributed by atoms with Gasteiger partial charge in [0.25, 0.3) is 17.7 Å². The maximum absolute atomic E-state index is 12.2. The molecule has 2 aromatic rings. The molecule has 3 rings (SSSR count). The van der Waals surface area contributed by atoms with Gasteiger partial charge in [-0.25, -0.2) is 4.57 Å². The number of pyridine rings is 1. The number of imide groups is 1. The van der Waals surface area contributed by atoms with E-state index in [2.05, 4.69) is 0 Å². The number of nitrogens with two attached hydrogens (primary N) is 1. The van der Waals surface area contributed by atoms with Crippen molar-refractivity contribution >= 4 is 17.7 Å². The molecular weight excluding hydrogens is 282 g/mol. The van der Waals surface area contributed by atoms with Gasteiger partial charge in [-0.05, 0) is 18.2 Å². The molecule has 1 aliphatic rings. The Morgan fingerprint density at radius 2 is 1.68 bits per heavy atom. The molecule has 6 nitrogen and oxygen atoms in total. The lowest BCUT2D eigenvalue weighted by molar-refractivity contribution is -0.696. The smallest absolute Gasteiger partial charge is 0.261 e. The van der Waals surface area contributed by atoms with E-state index in [-0.39, 0.29) is 18.4 Å². The summed E-state index contributed by atoms with van der Waals surface area (Å²) in [6.07, 6.45) is 3.35. The lowest BCUT2D eigenvalue weighted by Crippen LogP contribution is -2.42. The number of carbonyl (C=O) groups is 3. The Bertz CT molecular complexity index is 751. The summed E-state index contributed by atoms with van der Waals surface area (Å²) in [6, 6.07) is 10.1. The van der Waals surface area contributed by atoms with Crippen molar-refractivity contribution in [3.63, 3.8) is 0 Å². The van der Waals surface area contributed by atoms with Crippen LogP contribution in [-0.4, -0.2) is 29.2 Å². The molecule has 0 spiro atoms. The van der Waals surface area contributed by atoms with E-state index in [1.54, 1.807) is 53.4 Å². The van der Waals surface area contributed by atoms with Gasteiger partial charge in [-0.1, -0.05) is 12.1 Å². The van der Waals surface area contributed by atoms with Gasteiger partial charge < -0.3 is 5.73 Å². The van der Waals surface area contributed by atoms with E-state index < -0.39 is 5.91 Å². The zero-order valence-corrected chi connectivity index (χ0v) is 11.7. The minimum absolute atomic E-state index is 0.235. The van der Waals surface area contributed by atoms with Crippen LogP contribution in [0.1, 0.15) is 31.1 Å². The zero-order chi connectivity index (χ0) is 15.7. The van der Waals surface area contributed by atoms with E-state index in [0.29, 0.717) is 23.2 Å². The minimum Gasteiger partial charge on any atom is -0.365 e. The van der Waals surface area contributed by atoms with Gasteiger partial charge >= 0.3 is 0 Å². The van der Waals surface area contributed by atoms with E-state index >= 15 is 0 Å². The third-order valence-electron chi connectivity index (χ3n) is 3.60. The summed E-state index contributed by atoms with van der Waals surface area (Å²) in [7, 11) is 0. The van der Waals surface area contributed by atoms with Crippen molar-refractivity contribution in [3.05, 3.63) is 65.5 Å². The van der Waals surface area contributed by atoms with Gasteiger partial charge in [-0.2, -0.15) is 0 Å². The Balaban J connectivity index is 1.76. The van der Waals surface area contributed by atoms with Crippen molar-refractivity contribution in [1.29, 1.82) is 0 Å². The van der Waals surface area contributed by atoms with Crippen molar-refractivity contribution < 1.29 is 19.0 Å². The lowest BCUT2D eigenvalue weighted by Gasteiger charge is -2.11. The summed E-state index contributed by atoms with van der Waals surface area (Å²) in [4.78, 5) is 36.8. The minimum atomic E-state index is -0.518. The number of rotatable bonds is 4. The van der Waals surface area contributed by atoms with Crippen LogP contribution >= 0.6 is 0 Å². The molecule has 0 fully saturated rings. The molecule has 1 aromatic heterocycles. The van der Waals surface area contributed by atoms with Crippen molar-refractivity contribution in [3.8, 4) is 0 Å². The Labute approximate surface area is 126 Å². The predicted molar refractivity (Wildman–Crippen MR) is 77.0 cm³/mol. The molecule has 1 aliphatic heterocycles. The Kier molecular flexibility index (Phi) is 3.42. The lowest BCUT2D eigenvalue weighted by atomic mass is 10.1. The highest BCUT2D eigenvalue weighted by molar-refractivity contribution is 6.21. The number of hydrogen-bond acceptors (Lipinski definition) is 3. The third kappa shape index (κ3) is 2.35. The third-order valence-corrected chi connectivity index (χ3v) is 3.60. The van der Waals surface area contributed by atoms with Crippen LogP contribution in [0.25, 0.3) is 0 Å². The van der Waals surface area contributed by atoms with Crippen LogP contribution < -0.4 is 10.3 Å². The molecule has 0 unspecified atom stereocenters. The van der Waals surface area contributed by atoms with Gasteiger partial charge in [0, 0.05) is 6.07 Å². The summed E-state index contributed by atoms with van der Waals surface area (Å²) in [5.74, 6) is -1.09. The molecule has 110 valence electrons. The molecule has 2 heterocycles. The van der Waals surface area contributed by atoms with Gasteiger partial charge in [-0.3, -0.25) is 19.3 Å². The zero-order valence-electron chi connectivity index (χ0n) is 11.7. The van der Waals surface area contributed by atoms with Crippen LogP contribution in [0.15, 0.2) is 48.8 Å². The molecule has 0 aliphatic carbocycles. The quantitative estimate of drug-likeness (QED) is 0.653. The second kappa shape index (κ2) is 5.40. The van der Waals surface area contributed by atoms with Crippen LogP contribution in [0, 0.1) is 0 Å². The largest absolute Gasteiger partial charge is 0.365 e.